The molecule has 0 amide bonds. The molecule has 0 aliphatic rings. The predicted molar refractivity (Wildman–Crippen MR) is 79.7 cm³/mol. The first-order valence-electron chi connectivity index (χ1n) is 7.15. The van der Waals surface area contributed by atoms with E-state index in [4.69, 9.17) is 4.74 Å². The second-order valence-electron chi connectivity index (χ2n) is 4.88. The summed E-state index contributed by atoms with van der Waals surface area (Å²) >= 11 is 0. The van der Waals surface area contributed by atoms with Crippen molar-refractivity contribution < 1.29 is 37.5 Å². The smallest absolute Gasteiger partial charge is 0.320 e. The molecule has 8 nitrogen and oxygen atoms in total. The highest BCUT2D eigenvalue weighted by molar-refractivity contribution is 5.96. The molecular weight excluding hydrogens is 344 g/mol. The number of nitro groups is 1. The number of benzene rings is 1. The van der Waals surface area contributed by atoms with Crippen LogP contribution in [0.15, 0.2) is 12.1 Å². The van der Waals surface area contributed by atoms with Crippen LogP contribution < -0.4 is 4.74 Å². The van der Waals surface area contributed by atoms with Gasteiger partial charge in [-0.15, -0.1) is 0 Å². The number of nitrogens with zero attached hydrogens (tertiary/aromatic N) is 1. The molecule has 25 heavy (non-hydrogen) atoms. The zero-order valence-electron chi connectivity index (χ0n) is 13.8. The maximum atomic E-state index is 14.4. The Hall–Kier alpha value is -2.78. The molecule has 1 aromatic carbocycles. The van der Waals surface area contributed by atoms with Crippen LogP contribution in [0, 0.1) is 27.7 Å². The van der Waals surface area contributed by atoms with E-state index in [1.54, 1.807) is 6.92 Å². The summed E-state index contributed by atoms with van der Waals surface area (Å²) in [5, 5.41) is 10.9. The Morgan fingerprint density at radius 3 is 2.00 bits per heavy atom. The lowest BCUT2D eigenvalue weighted by atomic mass is 9.85. The van der Waals surface area contributed by atoms with Gasteiger partial charge in [0.2, 0.25) is 6.54 Å². The van der Waals surface area contributed by atoms with Crippen molar-refractivity contribution in [3.63, 3.8) is 0 Å². The Kier molecular flexibility index (Phi) is 7.22. The molecule has 1 aromatic rings. The normalized spacial score (nSPS) is 11.8. The molecule has 138 valence electrons. The van der Waals surface area contributed by atoms with Gasteiger partial charge in [0.15, 0.2) is 5.92 Å². The molecule has 0 aromatic heterocycles. The average Bonchev–Trinajstić information content (AvgIpc) is 2.53. The third kappa shape index (κ3) is 4.85. The van der Waals surface area contributed by atoms with Crippen LogP contribution in [-0.2, 0) is 19.1 Å². The predicted octanol–water partition coefficient (Wildman–Crippen LogP) is 1.69. The van der Waals surface area contributed by atoms with E-state index in [2.05, 4.69) is 9.47 Å². The van der Waals surface area contributed by atoms with Gasteiger partial charge in [-0.25, -0.2) is 8.78 Å². The van der Waals surface area contributed by atoms with Gasteiger partial charge in [-0.05, 0) is 6.92 Å². The second-order valence-corrected chi connectivity index (χ2v) is 4.88. The number of ether oxygens (including phenoxy) is 3. The van der Waals surface area contributed by atoms with Gasteiger partial charge in [0.25, 0.3) is 0 Å². The molecule has 1 rings (SSSR count). The van der Waals surface area contributed by atoms with E-state index in [0.29, 0.717) is 0 Å². The molecule has 0 radical (unpaired) electrons. The van der Waals surface area contributed by atoms with Gasteiger partial charge in [-0.1, -0.05) is 0 Å². The lowest BCUT2D eigenvalue weighted by Gasteiger charge is -2.22. The van der Waals surface area contributed by atoms with Crippen LogP contribution in [0.5, 0.6) is 5.75 Å². The quantitative estimate of drug-likeness (QED) is 0.300. The van der Waals surface area contributed by atoms with E-state index in [1.807, 2.05) is 0 Å². The fourth-order valence-corrected chi connectivity index (χ4v) is 2.37. The molecule has 0 aliphatic heterocycles. The number of esters is 2. The van der Waals surface area contributed by atoms with Crippen LogP contribution in [-0.4, -0.2) is 44.2 Å². The third-order valence-corrected chi connectivity index (χ3v) is 3.39. The van der Waals surface area contributed by atoms with Crippen molar-refractivity contribution in [3.8, 4) is 5.75 Å². The minimum atomic E-state index is -1.90. The highest BCUT2D eigenvalue weighted by Gasteiger charge is 2.43. The first-order valence-corrected chi connectivity index (χ1v) is 7.15. The molecule has 1 atom stereocenters. The van der Waals surface area contributed by atoms with E-state index < -0.39 is 52.4 Å². The maximum absolute atomic E-state index is 14.4. The third-order valence-electron chi connectivity index (χ3n) is 3.39. The number of hydrogen-bond donors (Lipinski definition) is 0. The fraction of sp³-hybridized carbons (Fsp3) is 0.467. The van der Waals surface area contributed by atoms with E-state index in [0.717, 1.165) is 26.4 Å². The van der Waals surface area contributed by atoms with Gasteiger partial charge in [0.05, 0.1) is 26.7 Å². The van der Waals surface area contributed by atoms with Crippen molar-refractivity contribution in [1.82, 2.24) is 0 Å². The molecule has 0 saturated carbocycles. The fourth-order valence-electron chi connectivity index (χ4n) is 2.37. The van der Waals surface area contributed by atoms with Crippen LogP contribution in [0.25, 0.3) is 0 Å². The minimum absolute atomic E-state index is 0.131. The van der Waals surface area contributed by atoms with Crippen molar-refractivity contribution in [2.75, 3.05) is 27.4 Å². The monoisotopic (exact) mass is 361 g/mol. The van der Waals surface area contributed by atoms with Crippen LogP contribution in [0.1, 0.15) is 18.4 Å². The number of rotatable bonds is 8. The number of halogens is 2. The van der Waals surface area contributed by atoms with E-state index >= 15 is 0 Å². The van der Waals surface area contributed by atoms with Crippen LogP contribution >= 0.6 is 0 Å². The Balaban J connectivity index is 3.51. The number of carbonyl (C=O) groups excluding carboxylic acids is 2. The Bertz CT molecular complexity index is 626. The van der Waals surface area contributed by atoms with Gasteiger partial charge in [-0.3, -0.25) is 19.7 Å². The molecule has 10 heteroatoms. The number of hydrogen-bond acceptors (Lipinski definition) is 7. The van der Waals surface area contributed by atoms with Gasteiger partial charge >= 0.3 is 11.9 Å². The van der Waals surface area contributed by atoms with Crippen molar-refractivity contribution in [2.24, 2.45) is 5.92 Å². The van der Waals surface area contributed by atoms with E-state index in [9.17, 15) is 28.5 Å². The van der Waals surface area contributed by atoms with E-state index in [-0.39, 0.29) is 12.4 Å². The van der Waals surface area contributed by atoms with Crippen LogP contribution in [0.4, 0.5) is 8.78 Å². The summed E-state index contributed by atoms with van der Waals surface area (Å²) in [6.07, 6.45) is 0. The molecule has 0 saturated heterocycles. The van der Waals surface area contributed by atoms with Crippen molar-refractivity contribution in [2.45, 2.75) is 12.8 Å². The topological polar surface area (TPSA) is 105 Å². The highest BCUT2D eigenvalue weighted by atomic mass is 19.1. The molecule has 0 aliphatic carbocycles. The number of methoxy groups -OCH3 is 2. The highest BCUT2D eigenvalue weighted by Crippen LogP contribution is 2.33. The first kappa shape index (κ1) is 20.3. The summed E-state index contributed by atoms with van der Waals surface area (Å²) < 4.78 is 42.6. The minimum Gasteiger partial charge on any atom is -0.494 e. The molecular formula is C15H17F2NO7. The first-order chi connectivity index (χ1) is 11.8. The second kappa shape index (κ2) is 8.90. The molecule has 0 N–H and O–H groups in total. The van der Waals surface area contributed by atoms with Crippen LogP contribution in [0.2, 0.25) is 0 Å². The molecule has 0 fully saturated rings. The van der Waals surface area contributed by atoms with Crippen LogP contribution in [0.3, 0.4) is 0 Å². The van der Waals surface area contributed by atoms with Crippen molar-refractivity contribution >= 4 is 11.9 Å². The molecule has 0 bridgehead atoms. The molecule has 0 unspecified atom stereocenters. The summed E-state index contributed by atoms with van der Waals surface area (Å²) in [5.74, 6) is -8.57. The van der Waals surface area contributed by atoms with Crippen molar-refractivity contribution in [3.05, 3.63) is 39.4 Å². The Labute approximate surface area is 141 Å². The summed E-state index contributed by atoms with van der Waals surface area (Å²) in [6.45, 7) is 0.657. The maximum Gasteiger partial charge on any atom is 0.320 e. The lowest BCUT2D eigenvalue weighted by Crippen LogP contribution is -2.36. The summed E-state index contributed by atoms with van der Waals surface area (Å²) in [6, 6.07) is 1.64. The summed E-state index contributed by atoms with van der Waals surface area (Å²) in [7, 11) is 1.87. The summed E-state index contributed by atoms with van der Waals surface area (Å²) in [4.78, 5) is 33.8. The average molecular weight is 361 g/mol. The molecule has 0 spiro atoms. The van der Waals surface area contributed by atoms with Gasteiger partial charge in [0.1, 0.15) is 17.4 Å². The molecule has 0 heterocycles. The zero-order valence-corrected chi connectivity index (χ0v) is 13.8. The SMILES string of the molecule is CCOc1cc(F)c([C@H](C[N+](=O)[O-])C(C(=O)OC)C(=O)OC)c(F)c1. The van der Waals surface area contributed by atoms with Gasteiger partial charge < -0.3 is 14.2 Å². The van der Waals surface area contributed by atoms with Gasteiger partial charge in [0, 0.05) is 22.6 Å². The lowest BCUT2D eigenvalue weighted by molar-refractivity contribution is -0.484. The Morgan fingerprint density at radius 2 is 1.64 bits per heavy atom. The summed E-state index contributed by atoms with van der Waals surface area (Å²) in [5.41, 5.74) is -0.791. The zero-order chi connectivity index (χ0) is 19.1. The Morgan fingerprint density at radius 1 is 1.16 bits per heavy atom. The largest absolute Gasteiger partial charge is 0.494 e. The standard InChI is InChI=1S/C15H17F2NO7/c1-4-25-8-5-10(16)12(11(17)6-8)9(7-18(21)22)13(14(19)23-2)15(20)24-3/h5-6,9,13H,4,7H2,1-3H3/t9-/m0/s1. The van der Waals surface area contributed by atoms with Gasteiger partial charge in [-0.2, -0.15) is 0 Å². The van der Waals surface area contributed by atoms with Crippen molar-refractivity contribution in [1.29, 1.82) is 0 Å². The number of carbonyl (C=O) groups is 2. The van der Waals surface area contributed by atoms with E-state index in [1.165, 1.54) is 0 Å².